The van der Waals surface area contributed by atoms with Gasteiger partial charge in [0, 0.05) is 10.0 Å². The number of carbonyl (C=O) groups excluding carboxylic acids is 1. The van der Waals surface area contributed by atoms with Crippen molar-refractivity contribution >= 4 is 28.1 Å². The fourth-order valence-corrected chi connectivity index (χ4v) is 2.67. The van der Waals surface area contributed by atoms with Crippen molar-refractivity contribution in [1.29, 1.82) is 0 Å². The SMILES string of the molecule is O=C(CN1CCCCCC1)NN=Cc1ccccc1Br. The van der Waals surface area contributed by atoms with E-state index in [0.29, 0.717) is 6.54 Å². The molecule has 0 unspecified atom stereocenters. The first kappa shape index (κ1) is 15.2. The maximum atomic E-state index is 11.8. The number of hydrazone groups is 1. The van der Waals surface area contributed by atoms with Crippen LogP contribution in [0.5, 0.6) is 0 Å². The van der Waals surface area contributed by atoms with Gasteiger partial charge in [0.25, 0.3) is 5.91 Å². The number of benzene rings is 1. The Bertz CT molecular complexity index is 468. The van der Waals surface area contributed by atoms with Crippen LogP contribution < -0.4 is 5.43 Å². The number of nitrogens with zero attached hydrogens (tertiary/aromatic N) is 2. The predicted octanol–water partition coefficient (Wildman–Crippen LogP) is 2.78. The lowest BCUT2D eigenvalue weighted by atomic mass is 10.2. The highest BCUT2D eigenvalue weighted by molar-refractivity contribution is 9.10. The first-order valence-electron chi connectivity index (χ1n) is 7.04. The third-order valence-corrected chi connectivity index (χ3v) is 4.09. The predicted molar refractivity (Wildman–Crippen MR) is 84.8 cm³/mol. The first-order chi connectivity index (χ1) is 9.75. The summed E-state index contributed by atoms with van der Waals surface area (Å²) >= 11 is 3.44. The lowest BCUT2D eigenvalue weighted by molar-refractivity contribution is -0.122. The summed E-state index contributed by atoms with van der Waals surface area (Å²) in [5.74, 6) is -0.0461. The lowest BCUT2D eigenvalue weighted by Crippen LogP contribution is -2.35. The molecule has 0 aliphatic carbocycles. The van der Waals surface area contributed by atoms with Gasteiger partial charge < -0.3 is 0 Å². The molecule has 1 fully saturated rings. The number of rotatable bonds is 4. The van der Waals surface area contributed by atoms with Gasteiger partial charge in [0.1, 0.15) is 0 Å². The monoisotopic (exact) mass is 337 g/mol. The molecule has 0 bridgehead atoms. The van der Waals surface area contributed by atoms with Gasteiger partial charge in [-0.05, 0) is 32.0 Å². The van der Waals surface area contributed by atoms with E-state index in [2.05, 4.69) is 31.4 Å². The van der Waals surface area contributed by atoms with Crippen LogP contribution in [0, 0.1) is 0 Å². The van der Waals surface area contributed by atoms with E-state index in [9.17, 15) is 4.79 Å². The number of hydrogen-bond acceptors (Lipinski definition) is 3. The summed E-state index contributed by atoms with van der Waals surface area (Å²) in [6.45, 7) is 2.47. The molecule has 0 spiro atoms. The Kier molecular flexibility index (Phi) is 6.21. The molecule has 108 valence electrons. The van der Waals surface area contributed by atoms with Crippen LogP contribution in [0.2, 0.25) is 0 Å². The number of carbonyl (C=O) groups is 1. The van der Waals surface area contributed by atoms with Crippen molar-refractivity contribution in [3.8, 4) is 0 Å². The zero-order valence-corrected chi connectivity index (χ0v) is 13.1. The highest BCUT2D eigenvalue weighted by Crippen LogP contribution is 2.13. The van der Waals surface area contributed by atoms with E-state index in [0.717, 1.165) is 23.1 Å². The largest absolute Gasteiger partial charge is 0.294 e. The Morgan fingerprint density at radius 3 is 2.65 bits per heavy atom. The van der Waals surface area contributed by atoms with Crippen LogP contribution in [-0.4, -0.2) is 36.7 Å². The smallest absolute Gasteiger partial charge is 0.254 e. The van der Waals surface area contributed by atoms with Crippen LogP contribution in [0.1, 0.15) is 31.2 Å². The summed E-state index contributed by atoms with van der Waals surface area (Å²) in [6, 6.07) is 7.76. The van der Waals surface area contributed by atoms with E-state index >= 15 is 0 Å². The standard InChI is InChI=1S/C15H20BrN3O/c16-14-8-4-3-7-13(14)11-17-18-15(20)12-19-9-5-1-2-6-10-19/h3-4,7-8,11H,1-2,5-6,9-10,12H2,(H,18,20). The molecule has 1 aliphatic heterocycles. The second-order valence-corrected chi connectivity index (χ2v) is 5.86. The molecule has 1 heterocycles. The Hall–Kier alpha value is -1.20. The molecule has 1 saturated heterocycles. The Morgan fingerprint density at radius 1 is 1.25 bits per heavy atom. The maximum absolute atomic E-state index is 11.8. The molecule has 1 aromatic carbocycles. The van der Waals surface area contributed by atoms with Crippen LogP contribution >= 0.6 is 15.9 Å². The molecule has 5 heteroatoms. The van der Waals surface area contributed by atoms with E-state index in [1.807, 2.05) is 24.3 Å². The number of halogens is 1. The number of likely N-dealkylation sites (tertiary alicyclic amines) is 1. The van der Waals surface area contributed by atoms with Gasteiger partial charge in [-0.3, -0.25) is 9.69 Å². The average Bonchev–Trinajstić information content (AvgIpc) is 2.69. The molecule has 1 aromatic rings. The van der Waals surface area contributed by atoms with Crippen molar-refractivity contribution in [1.82, 2.24) is 10.3 Å². The van der Waals surface area contributed by atoms with Gasteiger partial charge in [-0.25, -0.2) is 5.43 Å². The second kappa shape index (κ2) is 8.17. The minimum atomic E-state index is -0.0461. The Balaban J connectivity index is 1.78. The molecule has 4 nitrogen and oxygen atoms in total. The van der Waals surface area contributed by atoms with Crippen LogP contribution in [0.25, 0.3) is 0 Å². The van der Waals surface area contributed by atoms with Crippen LogP contribution in [-0.2, 0) is 4.79 Å². The highest BCUT2D eigenvalue weighted by atomic mass is 79.9. The van der Waals surface area contributed by atoms with Crippen molar-refractivity contribution in [3.63, 3.8) is 0 Å². The topological polar surface area (TPSA) is 44.7 Å². The molecular weight excluding hydrogens is 318 g/mol. The third-order valence-electron chi connectivity index (χ3n) is 3.36. The van der Waals surface area contributed by atoms with Gasteiger partial charge in [-0.2, -0.15) is 5.10 Å². The fraction of sp³-hybridized carbons (Fsp3) is 0.467. The fourth-order valence-electron chi connectivity index (χ4n) is 2.29. The van der Waals surface area contributed by atoms with Crippen molar-refractivity contribution in [2.45, 2.75) is 25.7 Å². The normalized spacial score (nSPS) is 17.1. The molecule has 2 rings (SSSR count). The van der Waals surface area contributed by atoms with Gasteiger partial charge in [-0.1, -0.05) is 47.0 Å². The number of nitrogens with one attached hydrogen (secondary N) is 1. The number of amides is 1. The van der Waals surface area contributed by atoms with Gasteiger partial charge in [0.15, 0.2) is 0 Å². The van der Waals surface area contributed by atoms with Gasteiger partial charge >= 0.3 is 0 Å². The van der Waals surface area contributed by atoms with Crippen LogP contribution in [0.3, 0.4) is 0 Å². The van der Waals surface area contributed by atoms with E-state index in [4.69, 9.17) is 0 Å². The van der Waals surface area contributed by atoms with Gasteiger partial charge in [0.05, 0.1) is 12.8 Å². The summed E-state index contributed by atoms with van der Waals surface area (Å²) in [7, 11) is 0. The molecule has 20 heavy (non-hydrogen) atoms. The molecule has 1 aliphatic rings. The zero-order valence-electron chi connectivity index (χ0n) is 11.5. The lowest BCUT2D eigenvalue weighted by Gasteiger charge is -2.17. The van der Waals surface area contributed by atoms with E-state index < -0.39 is 0 Å². The summed E-state index contributed by atoms with van der Waals surface area (Å²) in [5, 5.41) is 4.01. The quantitative estimate of drug-likeness (QED) is 0.678. The van der Waals surface area contributed by atoms with Crippen molar-refractivity contribution in [2.75, 3.05) is 19.6 Å². The molecule has 1 N–H and O–H groups in total. The zero-order chi connectivity index (χ0) is 14.2. The van der Waals surface area contributed by atoms with Gasteiger partial charge in [-0.15, -0.1) is 0 Å². The molecular formula is C15H20BrN3O. The Morgan fingerprint density at radius 2 is 1.95 bits per heavy atom. The van der Waals surface area contributed by atoms with Gasteiger partial charge in [0.2, 0.25) is 0 Å². The minimum Gasteiger partial charge on any atom is -0.294 e. The minimum absolute atomic E-state index is 0.0461. The highest BCUT2D eigenvalue weighted by Gasteiger charge is 2.12. The van der Waals surface area contributed by atoms with Crippen molar-refractivity contribution in [3.05, 3.63) is 34.3 Å². The number of hydrogen-bond donors (Lipinski definition) is 1. The Labute approximate surface area is 128 Å². The molecule has 0 atom stereocenters. The summed E-state index contributed by atoms with van der Waals surface area (Å²) in [5.41, 5.74) is 3.54. The van der Waals surface area contributed by atoms with E-state index in [1.165, 1.54) is 25.7 Å². The second-order valence-electron chi connectivity index (χ2n) is 5.01. The molecule has 0 saturated carbocycles. The van der Waals surface area contributed by atoms with Crippen LogP contribution in [0.15, 0.2) is 33.8 Å². The first-order valence-corrected chi connectivity index (χ1v) is 7.84. The molecule has 1 amide bonds. The summed E-state index contributed by atoms with van der Waals surface area (Å²) in [6.07, 6.45) is 6.59. The molecule has 0 aromatic heterocycles. The van der Waals surface area contributed by atoms with Crippen LogP contribution in [0.4, 0.5) is 0 Å². The van der Waals surface area contributed by atoms with E-state index in [1.54, 1.807) is 6.21 Å². The van der Waals surface area contributed by atoms with Crippen molar-refractivity contribution in [2.24, 2.45) is 5.10 Å². The summed E-state index contributed by atoms with van der Waals surface area (Å²) < 4.78 is 0.963. The van der Waals surface area contributed by atoms with E-state index in [-0.39, 0.29) is 5.91 Å². The average molecular weight is 338 g/mol. The maximum Gasteiger partial charge on any atom is 0.254 e. The summed E-state index contributed by atoms with van der Waals surface area (Å²) in [4.78, 5) is 14.0. The third kappa shape index (κ3) is 5.06. The molecule has 0 radical (unpaired) electrons. The van der Waals surface area contributed by atoms with Crippen molar-refractivity contribution < 1.29 is 4.79 Å².